The molecular weight excluding hydrogens is 398 g/mol. The summed E-state index contributed by atoms with van der Waals surface area (Å²) in [4.78, 5) is 15.9. The minimum atomic E-state index is -0.991. The Morgan fingerprint density at radius 2 is 1.31 bits per heavy atom. The first-order chi connectivity index (χ1) is 15.7. The Hall–Kier alpha value is -3.27. The zero-order chi connectivity index (χ0) is 22.1. The Bertz CT molecular complexity index is 1100. The third-order valence-corrected chi connectivity index (χ3v) is 6.53. The zero-order valence-electron chi connectivity index (χ0n) is 18.8. The predicted octanol–water partition coefficient (Wildman–Crippen LogP) is 6.66. The highest BCUT2D eigenvalue weighted by Crippen LogP contribution is 2.56. The largest absolute Gasteiger partial charge is 0.456 e. The molecule has 0 atom stereocenters. The minimum absolute atomic E-state index is 0.264. The normalized spacial score (nSPS) is 14.9. The molecule has 2 aliphatic heterocycles. The van der Waals surface area contributed by atoms with Crippen molar-refractivity contribution in [2.75, 3.05) is 18.0 Å². The number of ether oxygens (including phenoxy) is 2. The van der Waals surface area contributed by atoms with E-state index in [-0.39, 0.29) is 5.97 Å². The van der Waals surface area contributed by atoms with Crippen molar-refractivity contribution in [1.82, 2.24) is 0 Å². The summed E-state index contributed by atoms with van der Waals surface area (Å²) in [6.07, 6.45) is 4.41. The monoisotopic (exact) mass is 427 g/mol. The van der Waals surface area contributed by atoms with Gasteiger partial charge in [0.25, 0.3) is 0 Å². The Morgan fingerprint density at radius 3 is 1.91 bits per heavy atom. The molecule has 0 N–H and O–H groups in total. The molecule has 0 aromatic heterocycles. The van der Waals surface area contributed by atoms with E-state index in [4.69, 9.17) is 9.47 Å². The summed E-state index contributed by atoms with van der Waals surface area (Å²) in [7, 11) is 0. The summed E-state index contributed by atoms with van der Waals surface area (Å²) >= 11 is 0. The van der Waals surface area contributed by atoms with Crippen molar-refractivity contribution in [2.45, 2.75) is 45.1 Å². The molecule has 0 bridgehead atoms. The maximum Gasteiger partial charge on any atom is 0.342 e. The average Bonchev–Trinajstić information content (AvgIpc) is 3.13. The van der Waals surface area contributed by atoms with Crippen molar-refractivity contribution >= 4 is 11.7 Å². The second kappa shape index (κ2) is 8.34. The Morgan fingerprint density at radius 1 is 0.750 bits per heavy atom. The van der Waals surface area contributed by atoms with Crippen molar-refractivity contribution in [3.05, 3.63) is 89.0 Å². The van der Waals surface area contributed by atoms with E-state index in [0.29, 0.717) is 5.56 Å². The molecular formula is C28H29NO3. The molecule has 2 aliphatic rings. The number of carbonyl (C=O) groups excluding carboxylic acids is 1. The molecule has 4 heteroatoms. The Kier molecular flexibility index (Phi) is 5.38. The highest BCUT2D eigenvalue weighted by molar-refractivity contribution is 6.02. The van der Waals surface area contributed by atoms with Crippen LogP contribution in [0.4, 0.5) is 5.69 Å². The van der Waals surface area contributed by atoms with Crippen molar-refractivity contribution < 1.29 is 14.3 Å². The summed E-state index contributed by atoms with van der Waals surface area (Å²) in [6, 6.07) is 21.9. The van der Waals surface area contributed by atoms with Gasteiger partial charge in [0.15, 0.2) is 5.60 Å². The summed E-state index contributed by atoms with van der Waals surface area (Å²) in [5.41, 5.74) is 3.32. The third kappa shape index (κ3) is 3.09. The van der Waals surface area contributed by atoms with Gasteiger partial charge in [0, 0.05) is 29.8 Å². The number of unbranched alkanes of at least 4 members (excludes halogenated alkanes) is 2. The average molecular weight is 428 g/mol. The van der Waals surface area contributed by atoms with Crippen LogP contribution in [0.5, 0.6) is 11.5 Å². The summed E-state index contributed by atoms with van der Waals surface area (Å²) in [6.45, 7) is 6.27. The number of nitrogens with zero attached hydrogens (tertiary/aromatic N) is 1. The topological polar surface area (TPSA) is 38.8 Å². The lowest BCUT2D eigenvalue weighted by Crippen LogP contribution is -2.33. The smallest absolute Gasteiger partial charge is 0.342 e. The highest BCUT2D eigenvalue weighted by Gasteiger charge is 2.54. The van der Waals surface area contributed by atoms with Crippen LogP contribution in [0.1, 0.15) is 66.6 Å². The molecule has 0 unspecified atom stereocenters. The van der Waals surface area contributed by atoms with E-state index in [1.54, 1.807) is 0 Å². The molecule has 0 amide bonds. The second-order valence-corrected chi connectivity index (χ2v) is 8.56. The summed E-state index contributed by atoms with van der Waals surface area (Å²) < 4.78 is 12.6. The fourth-order valence-corrected chi connectivity index (χ4v) is 4.96. The third-order valence-electron chi connectivity index (χ3n) is 6.53. The van der Waals surface area contributed by atoms with Crippen LogP contribution in [0.25, 0.3) is 0 Å². The van der Waals surface area contributed by atoms with E-state index in [2.05, 4.69) is 30.9 Å². The molecule has 3 aromatic carbocycles. The van der Waals surface area contributed by atoms with Gasteiger partial charge in [0.2, 0.25) is 0 Å². The Balaban J connectivity index is 1.73. The van der Waals surface area contributed by atoms with Crippen LogP contribution < -0.4 is 9.64 Å². The van der Waals surface area contributed by atoms with Crippen LogP contribution >= 0.6 is 0 Å². The molecule has 0 fully saturated rings. The van der Waals surface area contributed by atoms with Gasteiger partial charge in [-0.25, -0.2) is 4.79 Å². The number of benzene rings is 3. The number of rotatable bonds is 7. The van der Waals surface area contributed by atoms with Crippen LogP contribution in [0.2, 0.25) is 0 Å². The van der Waals surface area contributed by atoms with Gasteiger partial charge in [0.05, 0.1) is 11.3 Å². The van der Waals surface area contributed by atoms with Crippen LogP contribution in [0.15, 0.2) is 66.7 Å². The predicted molar refractivity (Wildman–Crippen MR) is 127 cm³/mol. The van der Waals surface area contributed by atoms with Gasteiger partial charge in [-0.3, -0.25) is 0 Å². The van der Waals surface area contributed by atoms with E-state index >= 15 is 0 Å². The molecule has 32 heavy (non-hydrogen) atoms. The van der Waals surface area contributed by atoms with Crippen molar-refractivity contribution in [3.63, 3.8) is 0 Å². The lowest BCUT2D eigenvalue weighted by atomic mass is 9.77. The summed E-state index contributed by atoms with van der Waals surface area (Å²) in [5.74, 6) is 1.19. The SMILES string of the molecule is CCCCN(CCCC)c1cccc2c1C(=O)OC21c2ccccc2Oc2ccccc21. The molecule has 4 nitrogen and oxygen atoms in total. The van der Waals surface area contributed by atoms with Gasteiger partial charge in [0.1, 0.15) is 11.5 Å². The number of esters is 1. The molecule has 1 spiro atoms. The fraction of sp³-hybridized carbons (Fsp3) is 0.321. The lowest BCUT2D eigenvalue weighted by molar-refractivity contribution is 0.0224. The van der Waals surface area contributed by atoms with Crippen LogP contribution in [0.3, 0.4) is 0 Å². The van der Waals surface area contributed by atoms with Crippen LogP contribution in [0, 0.1) is 0 Å². The van der Waals surface area contributed by atoms with E-state index in [9.17, 15) is 4.79 Å². The number of para-hydroxylation sites is 2. The van der Waals surface area contributed by atoms with Crippen LogP contribution in [-0.4, -0.2) is 19.1 Å². The first kappa shape index (κ1) is 20.6. The van der Waals surface area contributed by atoms with Gasteiger partial charge >= 0.3 is 5.97 Å². The van der Waals surface area contributed by atoms with Crippen LogP contribution in [-0.2, 0) is 10.3 Å². The molecule has 164 valence electrons. The summed E-state index contributed by atoms with van der Waals surface area (Å²) in [5, 5.41) is 0. The molecule has 0 saturated heterocycles. The number of fused-ring (bicyclic) bond motifs is 6. The fourth-order valence-electron chi connectivity index (χ4n) is 4.96. The first-order valence-electron chi connectivity index (χ1n) is 11.7. The van der Waals surface area contributed by atoms with Gasteiger partial charge in [-0.2, -0.15) is 0 Å². The molecule has 0 saturated carbocycles. The molecule has 3 aromatic rings. The quantitative estimate of drug-likeness (QED) is 0.395. The molecule has 5 rings (SSSR count). The number of carbonyl (C=O) groups is 1. The molecule has 2 heterocycles. The highest BCUT2D eigenvalue weighted by atomic mass is 16.6. The molecule has 0 aliphatic carbocycles. The van der Waals surface area contributed by atoms with E-state index in [1.807, 2.05) is 54.6 Å². The molecule has 0 radical (unpaired) electrons. The number of hydrogen-bond donors (Lipinski definition) is 0. The maximum absolute atomic E-state index is 13.5. The number of hydrogen-bond acceptors (Lipinski definition) is 4. The Labute approximate surface area is 189 Å². The lowest BCUT2D eigenvalue weighted by Gasteiger charge is -2.36. The van der Waals surface area contributed by atoms with Gasteiger partial charge in [-0.1, -0.05) is 75.2 Å². The van der Waals surface area contributed by atoms with Gasteiger partial charge in [-0.15, -0.1) is 0 Å². The first-order valence-corrected chi connectivity index (χ1v) is 11.7. The number of anilines is 1. The van der Waals surface area contributed by atoms with Crippen molar-refractivity contribution in [2.24, 2.45) is 0 Å². The zero-order valence-corrected chi connectivity index (χ0v) is 18.8. The van der Waals surface area contributed by atoms with Crippen molar-refractivity contribution in [1.29, 1.82) is 0 Å². The minimum Gasteiger partial charge on any atom is -0.456 e. The van der Waals surface area contributed by atoms with E-state index in [0.717, 1.165) is 72.6 Å². The van der Waals surface area contributed by atoms with E-state index in [1.165, 1.54) is 0 Å². The van der Waals surface area contributed by atoms with E-state index < -0.39 is 5.60 Å². The van der Waals surface area contributed by atoms with Crippen molar-refractivity contribution in [3.8, 4) is 11.5 Å². The standard InChI is InChI=1S/C28H29NO3/c1-3-5-18-29(19-6-4-2)23-15-11-14-22-26(23)27(30)32-28(22)20-12-7-9-16-24(20)31-25-17-10-8-13-21(25)28/h7-17H,3-6,18-19H2,1-2H3. The van der Waals surface area contributed by atoms with Gasteiger partial charge in [-0.05, 0) is 31.0 Å². The maximum atomic E-state index is 13.5. The van der Waals surface area contributed by atoms with Gasteiger partial charge < -0.3 is 14.4 Å². The second-order valence-electron chi connectivity index (χ2n) is 8.56.